The van der Waals surface area contributed by atoms with Gasteiger partial charge in [0.1, 0.15) is 6.54 Å². The van der Waals surface area contributed by atoms with E-state index in [4.69, 9.17) is 4.42 Å². The molecule has 0 radical (unpaired) electrons. The fourth-order valence-electron chi connectivity index (χ4n) is 5.46. The molecule has 1 aliphatic heterocycles. The predicted octanol–water partition coefficient (Wildman–Crippen LogP) is 3.77. The van der Waals surface area contributed by atoms with E-state index in [0.717, 1.165) is 52.1 Å². The first-order valence-electron chi connectivity index (χ1n) is 12.6. The summed E-state index contributed by atoms with van der Waals surface area (Å²) in [5.74, 6) is -0.493. The van der Waals surface area contributed by atoms with Crippen LogP contribution >= 0.6 is 0 Å². The average Bonchev–Trinajstić information content (AvgIpc) is 3.49. The van der Waals surface area contributed by atoms with E-state index in [2.05, 4.69) is 10.0 Å². The van der Waals surface area contributed by atoms with Gasteiger partial charge in [-0.3, -0.25) is 9.59 Å². The Morgan fingerprint density at radius 3 is 2.56 bits per heavy atom. The van der Waals surface area contributed by atoms with Crippen molar-refractivity contribution in [1.29, 1.82) is 0 Å². The van der Waals surface area contributed by atoms with Crippen LogP contribution in [0.4, 0.5) is 0 Å². The molecule has 5 rings (SSSR count). The van der Waals surface area contributed by atoms with Gasteiger partial charge in [-0.2, -0.15) is 12.7 Å². The molecule has 0 atom stereocenters. The quantitative estimate of drug-likeness (QED) is 0.543. The molecule has 1 aliphatic carbocycles. The third kappa shape index (κ3) is 4.79. The summed E-state index contributed by atoms with van der Waals surface area (Å²) in [6.45, 7) is 0.778. The highest BCUT2D eigenvalue weighted by molar-refractivity contribution is 7.87. The monoisotopic (exact) mass is 512 g/mol. The Morgan fingerprint density at radius 2 is 1.81 bits per heavy atom. The van der Waals surface area contributed by atoms with Gasteiger partial charge in [-0.25, -0.2) is 4.72 Å². The van der Waals surface area contributed by atoms with Crippen LogP contribution < -0.4 is 10.0 Å². The Hall–Kier alpha value is -3.11. The highest BCUT2D eigenvalue weighted by Gasteiger charge is 2.29. The molecule has 2 amide bonds. The number of furan rings is 1. The Kier molecular flexibility index (Phi) is 6.90. The van der Waals surface area contributed by atoms with Crippen molar-refractivity contribution >= 4 is 32.9 Å². The van der Waals surface area contributed by atoms with Crippen molar-refractivity contribution in [2.45, 2.75) is 57.4 Å². The molecule has 10 heteroatoms. The van der Waals surface area contributed by atoms with Gasteiger partial charge in [0.25, 0.3) is 5.91 Å². The van der Waals surface area contributed by atoms with Gasteiger partial charge in [0, 0.05) is 36.7 Å². The van der Waals surface area contributed by atoms with Crippen LogP contribution in [0.3, 0.4) is 0 Å². The molecule has 0 saturated heterocycles. The van der Waals surface area contributed by atoms with Crippen molar-refractivity contribution in [3.05, 3.63) is 47.9 Å². The summed E-state index contributed by atoms with van der Waals surface area (Å²) >= 11 is 0. The van der Waals surface area contributed by atoms with Crippen molar-refractivity contribution < 1.29 is 22.4 Å². The van der Waals surface area contributed by atoms with Crippen LogP contribution in [0.2, 0.25) is 0 Å². The van der Waals surface area contributed by atoms with Crippen LogP contribution in [0.25, 0.3) is 22.2 Å². The number of fused-ring (bicyclic) bond motifs is 1. The van der Waals surface area contributed by atoms with Gasteiger partial charge in [-0.15, -0.1) is 0 Å². The molecule has 192 valence electrons. The highest BCUT2D eigenvalue weighted by atomic mass is 32.2. The average molecular weight is 513 g/mol. The highest BCUT2D eigenvalue weighted by Crippen LogP contribution is 2.44. The number of nitrogens with one attached hydrogen (secondary N) is 2. The summed E-state index contributed by atoms with van der Waals surface area (Å²) in [6.07, 6.45) is 10.1. The van der Waals surface area contributed by atoms with Gasteiger partial charge in [0.05, 0.1) is 23.7 Å². The number of hydrogen-bond donors (Lipinski definition) is 2. The fraction of sp³-hybridized carbons (Fsp3) is 0.462. The van der Waals surface area contributed by atoms with Crippen LogP contribution in [0.1, 0.15) is 66.8 Å². The molecule has 36 heavy (non-hydrogen) atoms. The minimum absolute atomic E-state index is 0.0903. The van der Waals surface area contributed by atoms with Crippen LogP contribution in [-0.2, 0) is 21.5 Å². The van der Waals surface area contributed by atoms with Gasteiger partial charge in [-0.05, 0) is 55.4 Å². The van der Waals surface area contributed by atoms with Gasteiger partial charge in [0.2, 0.25) is 5.91 Å². The topological polar surface area (TPSA) is 114 Å². The van der Waals surface area contributed by atoms with E-state index in [0.29, 0.717) is 25.3 Å². The molecule has 1 aromatic carbocycles. The maximum atomic E-state index is 13.1. The van der Waals surface area contributed by atoms with Gasteiger partial charge in [-0.1, -0.05) is 25.3 Å². The van der Waals surface area contributed by atoms with Crippen molar-refractivity contribution in [2.75, 3.05) is 20.1 Å². The Morgan fingerprint density at radius 1 is 1.00 bits per heavy atom. The molecular formula is C26H32N4O5S. The molecule has 2 N–H and O–H groups in total. The van der Waals surface area contributed by atoms with E-state index in [1.807, 2.05) is 16.7 Å². The molecule has 0 unspecified atom stereocenters. The zero-order chi connectivity index (χ0) is 25.3. The van der Waals surface area contributed by atoms with E-state index < -0.39 is 16.1 Å². The van der Waals surface area contributed by atoms with E-state index in [1.165, 1.54) is 19.0 Å². The standard InChI is InChI=1S/C26H32N4O5S/c1-29-13-6-5-12-27-23(31)16-30-22-15-19(26(32)28-36(29,33)34)9-10-21(22)24(18-7-3-2-4-8-18)25(30)20-11-14-35-17-20/h9-11,14-15,17-18H,2-8,12-13,16H2,1H3,(H,27,31)(H,28,32). The lowest BCUT2D eigenvalue weighted by Crippen LogP contribution is -2.42. The normalized spacial score (nSPS) is 20.6. The molecule has 2 aromatic heterocycles. The van der Waals surface area contributed by atoms with E-state index >= 15 is 0 Å². The molecule has 2 aliphatic rings. The van der Waals surface area contributed by atoms with E-state index in [-0.39, 0.29) is 24.6 Å². The van der Waals surface area contributed by atoms with E-state index in [1.54, 1.807) is 24.7 Å². The number of rotatable bonds is 2. The number of carbonyl (C=O) groups is 2. The number of amides is 2. The molecule has 0 spiro atoms. The van der Waals surface area contributed by atoms with Crippen LogP contribution in [0, 0.1) is 0 Å². The minimum Gasteiger partial charge on any atom is -0.472 e. The fourth-order valence-corrected chi connectivity index (χ4v) is 6.34. The summed E-state index contributed by atoms with van der Waals surface area (Å²) in [6, 6.07) is 7.15. The van der Waals surface area contributed by atoms with Crippen molar-refractivity contribution in [3.63, 3.8) is 0 Å². The maximum Gasteiger partial charge on any atom is 0.303 e. The molecule has 9 nitrogen and oxygen atoms in total. The maximum absolute atomic E-state index is 13.1. The first-order valence-corrected chi connectivity index (χ1v) is 14.0. The van der Waals surface area contributed by atoms with Crippen molar-refractivity contribution in [1.82, 2.24) is 18.9 Å². The lowest BCUT2D eigenvalue weighted by molar-refractivity contribution is -0.121. The SMILES string of the molecule is CN1CCCCNC(=O)Cn2c(-c3ccoc3)c(C3CCCCC3)c3ccc(cc32)C(=O)NS1(=O)=O. The van der Waals surface area contributed by atoms with Gasteiger partial charge >= 0.3 is 10.2 Å². The predicted molar refractivity (Wildman–Crippen MR) is 137 cm³/mol. The van der Waals surface area contributed by atoms with Crippen molar-refractivity contribution in [2.24, 2.45) is 0 Å². The number of benzene rings is 1. The molecular weight excluding hydrogens is 480 g/mol. The first kappa shape index (κ1) is 24.6. The lowest BCUT2D eigenvalue weighted by Gasteiger charge is -2.23. The summed E-state index contributed by atoms with van der Waals surface area (Å²) in [5.41, 5.74) is 3.93. The molecule has 3 aromatic rings. The molecule has 2 bridgehead atoms. The summed E-state index contributed by atoms with van der Waals surface area (Å²) in [4.78, 5) is 26.1. The summed E-state index contributed by atoms with van der Waals surface area (Å²) in [7, 11) is -2.54. The second-order valence-electron chi connectivity index (χ2n) is 9.74. The Labute approximate surface area is 211 Å². The Bertz CT molecular complexity index is 1370. The number of hydrogen-bond acceptors (Lipinski definition) is 5. The van der Waals surface area contributed by atoms with Gasteiger partial charge < -0.3 is 14.3 Å². The second kappa shape index (κ2) is 10.1. The third-order valence-corrected chi connectivity index (χ3v) is 8.78. The van der Waals surface area contributed by atoms with Crippen LogP contribution in [-0.4, -0.2) is 49.2 Å². The minimum atomic E-state index is -3.98. The van der Waals surface area contributed by atoms with Crippen LogP contribution in [0.15, 0.2) is 41.2 Å². The number of nitrogens with zero attached hydrogens (tertiary/aromatic N) is 2. The number of aromatic nitrogens is 1. The number of carbonyl (C=O) groups excluding carboxylic acids is 2. The summed E-state index contributed by atoms with van der Waals surface area (Å²) in [5, 5.41) is 3.95. The smallest absolute Gasteiger partial charge is 0.303 e. The molecule has 3 heterocycles. The van der Waals surface area contributed by atoms with Gasteiger partial charge in [0.15, 0.2) is 0 Å². The summed E-state index contributed by atoms with van der Waals surface area (Å²) < 4.78 is 36.1. The molecule has 1 saturated carbocycles. The molecule has 1 fully saturated rings. The lowest BCUT2D eigenvalue weighted by atomic mass is 9.82. The zero-order valence-corrected chi connectivity index (χ0v) is 21.3. The second-order valence-corrected chi connectivity index (χ2v) is 11.5. The van der Waals surface area contributed by atoms with Crippen molar-refractivity contribution in [3.8, 4) is 11.3 Å². The van der Waals surface area contributed by atoms with Crippen LogP contribution in [0.5, 0.6) is 0 Å². The third-order valence-electron chi connectivity index (χ3n) is 7.33. The van der Waals surface area contributed by atoms with E-state index in [9.17, 15) is 18.0 Å². The zero-order valence-electron chi connectivity index (χ0n) is 20.5. The first-order chi connectivity index (χ1) is 17.3. The largest absolute Gasteiger partial charge is 0.472 e. The Balaban J connectivity index is 1.70.